The van der Waals surface area contributed by atoms with E-state index in [2.05, 4.69) is 28.5 Å². The van der Waals surface area contributed by atoms with E-state index in [0.717, 1.165) is 56.7 Å². The molecule has 1 fully saturated rings. The van der Waals surface area contributed by atoms with E-state index < -0.39 is 0 Å². The lowest BCUT2D eigenvalue weighted by atomic mass is 9.96. The first-order chi connectivity index (χ1) is 10.3. The van der Waals surface area contributed by atoms with Crippen molar-refractivity contribution >= 4 is 36.4 Å². The highest BCUT2D eigenvalue weighted by molar-refractivity contribution is 5.97. The molecule has 23 heavy (non-hydrogen) atoms. The summed E-state index contributed by atoms with van der Waals surface area (Å²) in [6.45, 7) is 6.40. The molecule has 1 unspecified atom stereocenters. The number of fused-ring (bicyclic) bond motifs is 1. The Balaban J connectivity index is 0.00000132. The maximum atomic E-state index is 12.6. The van der Waals surface area contributed by atoms with Crippen LogP contribution in [0.25, 0.3) is 0 Å². The number of carbonyl (C=O) groups excluding carboxylic acids is 1. The molecule has 1 amide bonds. The van der Waals surface area contributed by atoms with Crippen molar-refractivity contribution in [1.29, 1.82) is 0 Å². The fourth-order valence-electron chi connectivity index (χ4n) is 3.45. The van der Waals surface area contributed by atoms with E-state index in [1.54, 1.807) is 0 Å². The van der Waals surface area contributed by atoms with Gasteiger partial charge < -0.3 is 15.5 Å². The molecule has 4 nitrogen and oxygen atoms in total. The second-order valence-corrected chi connectivity index (χ2v) is 6.07. The van der Waals surface area contributed by atoms with Gasteiger partial charge in [-0.25, -0.2) is 0 Å². The van der Waals surface area contributed by atoms with E-state index in [1.807, 2.05) is 12.1 Å². The number of amides is 1. The van der Waals surface area contributed by atoms with E-state index in [4.69, 9.17) is 0 Å². The maximum Gasteiger partial charge on any atom is 0.251 e. The highest BCUT2D eigenvalue weighted by atomic mass is 35.5. The summed E-state index contributed by atoms with van der Waals surface area (Å²) in [6.07, 6.45) is 4.37. The normalized spacial score (nSPS) is 20.3. The van der Waals surface area contributed by atoms with E-state index in [0.29, 0.717) is 6.04 Å². The molecule has 130 valence electrons. The molecule has 1 aromatic carbocycles. The lowest BCUT2D eigenvalue weighted by Gasteiger charge is -2.32. The van der Waals surface area contributed by atoms with Crippen molar-refractivity contribution in [2.24, 2.45) is 0 Å². The van der Waals surface area contributed by atoms with Gasteiger partial charge in [0.25, 0.3) is 5.91 Å². The van der Waals surface area contributed by atoms with E-state index in [1.165, 1.54) is 12.0 Å². The van der Waals surface area contributed by atoms with Crippen molar-refractivity contribution < 1.29 is 4.79 Å². The Kier molecular flexibility index (Phi) is 8.17. The topological polar surface area (TPSA) is 44.4 Å². The van der Waals surface area contributed by atoms with Crippen molar-refractivity contribution in [2.75, 3.05) is 31.5 Å². The SMILES string of the molecule is CCN1CCCC(NC(=O)c2cccc3c2CCCN3)C1.Cl.Cl. The zero-order valence-electron chi connectivity index (χ0n) is 13.6. The Hall–Kier alpha value is -0.970. The Morgan fingerprint density at radius 1 is 1.35 bits per heavy atom. The van der Waals surface area contributed by atoms with Gasteiger partial charge in [0.2, 0.25) is 0 Å². The number of hydrogen-bond acceptors (Lipinski definition) is 3. The Labute approximate surface area is 151 Å². The largest absolute Gasteiger partial charge is 0.385 e. The lowest BCUT2D eigenvalue weighted by Crippen LogP contribution is -2.47. The smallest absolute Gasteiger partial charge is 0.251 e. The molecule has 2 heterocycles. The number of nitrogens with zero attached hydrogens (tertiary/aromatic N) is 1. The van der Waals surface area contributed by atoms with Crippen LogP contribution in [0.5, 0.6) is 0 Å². The minimum absolute atomic E-state index is 0. The standard InChI is InChI=1S/C17H25N3O.2ClH/c1-2-20-11-5-6-13(12-20)19-17(21)15-7-3-9-16-14(15)8-4-10-18-16;;/h3,7,9,13,18H,2,4-6,8,10-12H2,1H3,(H,19,21);2*1H. The van der Waals surface area contributed by atoms with Gasteiger partial charge >= 0.3 is 0 Å². The second kappa shape index (κ2) is 9.36. The van der Waals surface area contributed by atoms with Crippen LogP contribution in [0.3, 0.4) is 0 Å². The second-order valence-electron chi connectivity index (χ2n) is 6.07. The number of halogens is 2. The number of anilines is 1. The molecule has 2 aliphatic rings. The van der Waals surface area contributed by atoms with Crippen molar-refractivity contribution in [3.05, 3.63) is 29.3 Å². The summed E-state index contributed by atoms with van der Waals surface area (Å²) >= 11 is 0. The molecular formula is C17H27Cl2N3O. The Morgan fingerprint density at radius 2 is 2.17 bits per heavy atom. The average Bonchev–Trinajstić information content (AvgIpc) is 2.54. The molecule has 0 aliphatic carbocycles. The third-order valence-electron chi connectivity index (χ3n) is 4.63. The minimum atomic E-state index is 0. The summed E-state index contributed by atoms with van der Waals surface area (Å²) in [5.41, 5.74) is 3.17. The summed E-state index contributed by atoms with van der Waals surface area (Å²) in [7, 11) is 0. The summed E-state index contributed by atoms with van der Waals surface area (Å²) in [6, 6.07) is 6.30. The number of piperidine rings is 1. The van der Waals surface area contributed by atoms with Gasteiger partial charge in [-0.05, 0) is 56.5 Å². The van der Waals surface area contributed by atoms with Gasteiger partial charge in [-0.1, -0.05) is 13.0 Å². The quantitative estimate of drug-likeness (QED) is 0.871. The fourth-order valence-corrected chi connectivity index (χ4v) is 3.45. The Bertz CT molecular complexity index is 525. The molecule has 2 N–H and O–H groups in total. The zero-order valence-corrected chi connectivity index (χ0v) is 15.3. The van der Waals surface area contributed by atoms with Gasteiger partial charge in [-0.15, -0.1) is 24.8 Å². The van der Waals surface area contributed by atoms with Crippen molar-refractivity contribution in [1.82, 2.24) is 10.2 Å². The van der Waals surface area contributed by atoms with Crippen LogP contribution in [0, 0.1) is 0 Å². The van der Waals surface area contributed by atoms with Crippen LogP contribution >= 0.6 is 24.8 Å². The zero-order chi connectivity index (χ0) is 14.7. The summed E-state index contributed by atoms with van der Waals surface area (Å²) in [5, 5.41) is 6.63. The number of nitrogens with one attached hydrogen (secondary N) is 2. The van der Waals surface area contributed by atoms with Gasteiger partial charge in [0.15, 0.2) is 0 Å². The first-order valence-electron chi connectivity index (χ1n) is 8.17. The molecule has 0 spiro atoms. The van der Waals surface area contributed by atoms with E-state index in [9.17, 15) is 4.79 Å². The van der Waals surface area contributed by atoms with Gasteiger partial charge in [0.05, 0.1) is 0 Å². The fraction of sp³-hybridized carbons (Fsp3) is 0.588. The third-order valence-corrected chi connectivity index (χ3v) is 4.63. The number of carbonyl (C=O) groups is 1. The third kappa shape index (κ3) is 4.75. The molecule has 0 bridgehead atoms. The lowest BCUT2D eigenvalue weighted by molar-refractivity contribution is 0.0905. The van der Waals surface area contributed by atoms with Crippen LogP contribution in [0.1, 0.15) is 42.1 Å². The monoisotopic (exact) mass is 359 g/mol. The molecule has 2 aliphatic heterocycles. The molecule has 1 aromatic rings. The molecule has 1 saturated heterocycles. The molecule has 0 saturated carbocycles. The first kappa shape index (κ1) is 20.1. The number of rotatable bonds is 3. The Morgan fingerprint density at radius 3 is 2.96 bits per heavy atom. The van der Waals surface area contributed by atoms with Crippen LogP contribution in [-0.2, 0) is 6.42 Å². The van der Waals surface area contributed by atoms with Crippen LogP contribution in [0.2, 0.25) is 0 Å². The van der Waals surface area contributed by atoms with E-state index >= 15 is 0 Å². The predicted molar refractivity (Wildman–Crippen MR) is 100 cm³/mol. The molecule has 3 rings (SSSR count). The average molecular weight is 360 g/mol. The molecular weight excluding hydrogens is 333 g/mol. The summed E-state index contributed by atoms with van der Waals surface area (Å²) < 4.78 is 0. The van der Waals surface area contributed by atoms with Gasteiger partial charge in [0.1, 0.15) is 0 Å². The van der Waals surface area contributed by atoms with Crippen LogP contribution in [0.15, 0.2) is 18.2 Å². The number of hydrogen-bond donors (Lipinski definition) is 2. The van der Waals surface area contributed by atoms with Crippen molar-refractivity contribution in [3.63, 3.8) is 0 Å². The van der Waals surface area contributed by atoms with Gasteiger partial charge in [-0.3, -0.25) is 4.79 Å². The predicted octanol–water partition coefficient (Wildman–Crippen LogP) is 3.10. The number of benzene rings is 1. The van der Waals surface area contributed by atoms with Crippen LogP contribution in [-0.4, -0.2) is 43.0 Å². The molecule has 1 atom stereocenters. The highest BCUT2D eigenvalue weighted by Gasteiger charge is 2.23. The van der Waals surface area contributed by atoms with Gasteiger partial charge in [0, 0.05) is 30.4 Å². The molecule has 0 aromatic heterocycles. The van der Waals surface area contributed by atoms with Crippen LogP contribution < -0.4 is 10.6 Å². The molecule has 0 radical (unpaired) electrons. The van der Waals surface area contributed by atoms with Crippen molar-refractivity contribution in [3.8, 4) is 0 Å². The van der Waals surface area contributed by atoms with Crippen molar-refractivity contribution in [2.45, 2.75) is 38.6 Å². The number of likely N-dealkylation sites (N-methyl/N-ethyl adjacent to an activating group) is 1. The highest BCUT2D eigenvalue weighted by Crippen LogP contribution is 2.25. The van der Waals surface area contributed by atoms with Crippen LogP contribution in [0.4, 0.5) is 5.69 Å². The van der Waals surface area contributed by atoms with Gasteiger partial charge in [-0.2, -0.15) is 0 Å². The number of likely N-dealkylation sites (tertiary alicyclic amines) is 1. The molecule has 6 heteroatoms. The summed E-state index contributed by atoms with van der Waals surface area (Å²) in [5.74, 6) is 0.0958. The first-order valence-corrected chi connectivity index (χ1v) is 8.17. The van der Waals surface area contributed by atoms with E-state index in [-0.39, 0.29) is 30.7 Å². The minimum Gasteiger partial charge on any atom is -0.385 e. The maximum absolute atomic E-state index is 12.6. The summed E-state index contributed by atoms with van der Waals surface area (Å²) in [4.78, 5) is 15.0.